The molecule has 1 heteroatoms. The van der Waals surface area contributed by atoms with Crippen LogP contribution in [0.25, 0.3) is 0 Å². The lowest BCUT2D eigenvalue weighted by Crippen LogP contribution is -2.54. The van der Waals surface area contributed by atoms with E-state index in [4.69, 9.17) is 6.85 Å². The molecule has 0 unspecified atom stereocenters. The summed E-state index contributed by atoms with van der Waals surface area (Å²) in [6, 6.07) is 0. The average Bonchev–Trinajstić information content (AvgIpc) is 3.03. The fraction of sp³-hybridized carbons (Fsp3) is 1.00. The first-order valence-electron chi connectivity index (χ1n) is 14.8. The Kier molecular flexibility index (Phi) is 4.43. The zero-order chi connectivity index (χ0) is 24.6. The van der Waals surface area contributed by atoms with Gasteiger partial charge in [0.05, 0.1) is 7.45 Å². The topological polar surface area (TPSA) is 20.2 Å². The third-order valence-electron chi connectivity index (χ3n) is 10.0. The molecule has 162 valence electrons. The van der Waals surface area contributed by atoms with Crippen LogP contribution in [-0.4, -0.2) is 11.2 Å². The molecule has 4 rings (SSSR count). The smallest absolute Gasteiger partial charge is 0.0600 e. The van der Waals surface area contributed by atoms with Crippen LogP contribution in [0.4, 0.5) is 0 Å². The minimum absolute atomic E-state index is 0.101. The van der Waals surface area contributed by atoms with Crippen molar-refractivity contribution in [2.24, 2.45) is 52.3 Å². The summed E-state index contributed by atoms with van der Waals surface area (Å²) in [5.41, 5.74) is -0.143. The second-order valence-electron chi connectivity index (χ2n) is 11.9. The quantitative estimate of drug-likeness (QED) is 0.513. The van der Waals surface area contributed by atoms with Crippen molar-refractivity contribution in [2.75, 3.05) is 0 Å². The van der Waals surface area contributed by atoms with E-state index in [1.165, 1.54) is 32.1 Å². The molecule has 4 fully saturated rings. The molecule has 28 heavy (non-hydrogen) atoms. The van der Waals surface area contributed by atoms with E-state index in [0.717, 1.165) is 37.0 Å². The SMILES string of the molecule is [2H]C1([2H])C[C@]2(C)[C@H]3CC[C@]4(C)[C@@H]([C@H](C)CCCC(C)C)CC[C@H]4[C@@H]3CC[C@H]2C([2H])([2H])[C@]1([2H])O. The lowest BCUT2D eigenvalue weighted by molar-refractivity contribution is -0.129. The highest BCUT2D eigenvalue weighted by atomic mass is 16.3. The molecule has 0 aromatic rings. The van der Waals surface area contributed by atoms with E-state index in [1.807, 2.05) is 0 Å². The molecule has 4 saturated carbocycles. The van der Waals surface area contributed by atoms with Crippen LogP contribution in [0.5, 0.6) is 0 Å². The molecule has 0 amide bonds. The minimum Gasteiger partial charge on any atom is -0.393 e. The summed E-state index contributed by atoms with van der Waals surface area (Å²) in [6.45, 7) is 11.7. The van der Waals surface area contributed by atoms with Gasteiger partial charge in [0.1, 0.15) is 0 Å². The van der Waals surface area contributed by atoms with Gasteiger partial charge in [-0.25, -0.2) is 0 Å². The molecule has 0 radical (unpaired) electrons. The first kappa shape index (κ1) is 15.7. The molecular formula is C27H48O. The largest absolute Gasteiger partial charge is 0.393 e. The molecule has 1 nitrogen and oxygen atoms in total. The Labute approximate surface area is 182 Å². The number of rotatable bonds is 5. The first-order chi connectivity index (χ1) is 15.1. The highest BCUT2D eigenvalue weighted by Gasteiger charge is 2.60. The van der Waals surface area contributed by atoms with Crippen molar-refractivity contribution in [3.05, 3.63) is 0 Å². The van der Waals surface area contributed by atoms with E-state index < -0.39 is 30.2 Å². The summed E-state index contributed by atoms with van der Waals surface area (Å²) < 4.78 is 42.7. The highest BCUT2D eigenvalue weighted by molar-refractivity contribution is 5.09. The van der Waals surface area contributed by atoms with Crippen molar-refractivity contribution in [1.29, 1.82) is 0 Å². The second kappa shape index (κ2) is 7.90. The van der Waals surface area contributed by atoms with Crippen LogP contribution in [0, 0.1) is 52.3 Å². The fourth-order valence-electron chi connectivity index (χ4n) is 8.46. The minimum atomic E-state index is -2.69. The molecule has 0 saturated heterocycles. The molecule has 0 spiro atoms. The van der Waals surface area contributed by atoms with Gasteiger partial charge in [-0.2, -0.15) is 0 Å². The molecule has 0 aliphatic heterocycles. The van der Waals surface area contributed by atoms with Gasteiger partial charge in [0.15, 0.2) is 0 Å². The van der Waals surface area contributed by atoms with Crippen LogP contribution in [0.1, 0.15) is 118 Å². The summed E-state index contributed by atoms with van der Waals surface area (Å²) >= 11 is 0. The van der Waals surface area contributed by atoms with Gasteiger partial charge in [-0.15, -0.1) is 0 Å². The Bertz CT molecular complexity index is 736. The molecule has 0 heterocycles. The first-order valence-corrected chi connectivity index (χ1v) is 12.3. The molecule has 4 aliphatic rings. The van der Waals surface area contributed by atoms with Gasteiger partial charge in [0, 0.05) is 5.48 Å². The van der Waals surface area contributed by atoms with Crippen molar-refractivity contribution in [3.8, 4) is 0 Å². The highest BCUT2D eigenvalue weighted by Crippen LogP contribution is 2.68. The summed E-state index contributed by atoms with van der Waals surface area (Å²) in [5.74, 6) is 3.32. The molecule has 0 bridgehead atoms. The number of hydrogen-bond donors (Lipinski definition) is 1. The van der Waals surface area contributed by atoms with Crippen molar-refractivity contribution in [1.82, 2.24) is 0 Å². The summed E-state index contributed by atoms with van der Waals surface area (Å²) in [6.07, 6.45) is 3.31. The predicted molar refractivity (Wildman–Crippen MR) is 119 cm³/mol. The number of fused-ring (bicyclic) bond motifs is 5. The van der Waals surface area contributed by atoms with Gasteiger partial charge in [-0.05, 0) is 110 Å². The second-order valence-corrected chi connectivity index (χ2v) is 11.9. The van der Waals surface area contributed by atoms with Gasteiger partial charge in [-0.3, -0.25) is 0 Å². The molecule has 9 atom stereocenters. The summed E-state index contributed by atoms with van der Waals surface area (Å²) in [5, 5.41) is 10.7. The van der Waals surface area contributed by atoms with E-state index in [1.54, 1.807) is 0 Å². The summed E-state index contributed by atoms with van der Waals surface area (Å²) in [7, 11) is 0. The molecule has 0 aromatic carbocycles. The van der Waals surface area contributed by atoms with E-state index in [2.05, 4.69) is 34.6 Å². The molecule has 1 N–H and O–H groups in total. The fourth-order valence-corrected chi connectivity index (χ4v) is 8.46. The Morgan fingerprint density at radius 1 is 0.964 bits per heavy atom. The van der Waals surface area contributed by atoms with Crippen molar-refractivity contribution < 1.29 is 12.0 Å². The Morgan fingerprint density at radius 3 is 2.46 bits per heavy atom. The Balaban J connectivity index is 1.56. The van der Waals surface area contributed by atoms with Crippen molar-refractivity contribution >= 4 is 0 Å². The average molecular weight is 394 g/mol. The van der Waals surface area contributed by atoms with E-state index in [9.17, 15) is 5.11 Å². The Morgan fingerprint density at radius 2 is 1.71 bits per heavy atom. The molecule has 4 aliphatic carbocycles. The van der Waals surface area contributed by atoms with Gasteiger partial charge < -0.3 is 5.11 Å². The molecule has 0 aromatic heterocycles. The van der Waals surface area contributed by atoms with Crippen LogP contribution in [-0.2, 0) is 0 Å². The van der Waals surface area contributed by atoms with Crippen molar-refractivity contribution in [2.45, 2.75) is 118 Å². The van der Waals surface area contributed by atoms with Gasteiger partial charge >= 0.3 is 0 Å². The Hall–Kier alpha value is -0.0400. The third-order valence-corrected chi connectivity index (χ3v) is 10.0. The van der Waals surface area contributed by atoms with Crippen LogP contribution in [0.3, 0.4) is 0 Å². The predicted octanol–water partition coefficient (Wildman–Crippen LogP) is 7.47. The standard InChI is InChI=1S/C27H48O/c1-18(2)7-6-8-19(3)23-11-12-24-22-10-9-20-17-21(28)13-15-26(20,4)25(22)14-16-27(23,24)5/h18-25,28H,6-17H2,1-5H3/t19-,20+,21-,22+,23-,24+,25+,26+,27-/m1/s1/i13D2,17D2,21D. The normalized spacial score (nSPS) is 58.2. The zero-order valence-electron chi connectivity index (χ0n) is 24.1. The van der Waals surface area contributed by atoms with Crippen LogP contribution >= 0.6 is 0 Å². The van der Waals surface area contributed by atoms with Crippen LogP contribution in [0.15, 0.2) is 0 Å². The monoisotopic (exact) mass is 393 g/mol. The molecular weight excluding hydrogens is 340 g/mol. The lowest BCUT2D eigenvalue weighted by Gasteiger charge is -2.61. The van der Waals surface area contributed by atoms with Crippen molar-refractivity contribution in [3.63, 3.8) is 0 Å². The van der Waals surface area contributed by atoms with E-state index in [-0.39, 0.29) is 6.42 Å². The van der Waals surface area contributed by atoms with Gasteiger partial charge in [-0.1, -0.05) is 53.9 Å². The van der Waals surface area contributed by atoms with Gasteiger partial charge in [0.2, 0.25) is 0 Å². The van der Waals surface area contributed by atoms with Crippen LogP contribution in [0.2, 0.25) is 0 Å². The number of aliphatic hydroxyl groups is 1. The maximum absolute atomic E-state index is 10.7. The zero-order valence-corrected chi connectivity index (χ0v) is 19.1. The lowest BCUT2D eigenvalue weighted by atomic mass is 9.44. The van der Waals surface area contributed by atoms with Gasteiger partial charge in [0.25, 0.3) is 0 Å². The third kappa shape index (κ3) is 3.50. The summed E-state index contributed by atoms with van der Waals surface area (Å²) in [4.78, 5) is 0. The maximum atomic E-state index is 10.7. The number of hydrogen-bond acceptors (Lipinski definition) is 1. The maximum Gasteiger partial charge on any atom is 0.0600 e. The van der Waals surface area contributed by atoms with E-state index in [0.29, 0.717) is 29.6 Å². The van der Waals surface area contributed by atoms with Crippen LogP contribution < -0.4 is 0 Å². The van der Waals surface area contributed by atoms with E-state index >= 15 is 0 Å².